The first-order valence-electron chi connectivity index (χ1n) is 4.23. The lowest BCUT2D eigenvalue weighted by Gasteiger charge is -2.16. The number of Topliss-reactive ketones (excluding diaryl/α,β-unsaturated/α-hetero) is 1. The van der Waals surface area contributed by atoms with Crippen molar-refractivity contribution in [1.82, 2.24) is 0 Å². The summed E-state index contributed by atoms with van der Waals surface area (Å²) in [6, 6.07) is 3.46. The minimum atomic E-state index is 0.168. The van der Waals surface area contributed by atoms with Crippen LogP contribution in [0.3, 0.4) is 0 Å². The second-order valence-corrected chi connectivity index (χ2v) is 4.36. The van der Waals surface area contributed by atoms with Gasteiger partial charge in [0.2, 0.25) is 0 Å². The van der Waals surface area contributed by atoms with E-state index in [-0.39, 0.29) is 11.5 Å². The van der Waals surface area contributed by atoms with Crippen molar-refractivity contribution in [2.24, 2.45) is 0 Å². The molecule has 2 nitrogen and oxygen atoms in total. The highest BCUT2D eigenvalue weighted by Gasteiger charge is 2.22. The molecule has 0 spiro atoms. The van der Waals surface area contributed by atoms with Gasteiger partial charge in [-0.2, -0.15) is 0 Å². The molecule has 2 rings (SSSR count). The first-order chi connectivity index (χ1) is 6.20. The Labute approximate surface area is 90.1 Å². The quantitative estimate of drug-likeness (QED) is 0.745. The summed E-state index contributed by atoms with van der Waals surface area (Å²) in [7, 11) is 0. The van der Waals surface area contributed by atoms with Gasteiger partial charge in [0.1, 0.15) is 5.75 Å². The summed E-state index contributed by atoms with van der Waals surface area (Å²) >= 11 is 2.14. The molecule has 1 aromatic rings. The molecule has 0 bridgehead atoms. The Bertz CT molecular complexity index is 371. The van der Waals surface area contributed by atoms with Gasteiger partial charge in [-0.25, -0.2) is 0 Å². The molecule has 0 heterocycles. The zero-order valence-electron chi connectivity index (χ0n) is 7.01. The fourth-order valence-electron chi connectivity index (χ4n) is 1.71. The molecule has 0 aliphatic heterocycles. The predicted octanol–water partition coefficient (Wildman–Crippen LogP) is 2.52. The second-order valence-electron chi connectivity index (χ2n) is 3.20. The van der Waals surface area contributed by atoms with E-state index in [9.17, 15) is 9.90 Å². The van der Waals surface area contributed by atoms with Gasteiger partial charge in [0.15, 0.2) is 5.78 Å². The van der Waals surface area contributed by atoms with Crippen molar-refractivity contribution in [3.8, 4) is 5.75 Å². The molecule has 0 atom stereocenters. The number of halogens is 1. The lowest BCUT2D eigenvalue weighted by Crippen LogP contribution is -2.12. The maximum absolute atomic E-state index is 11.5. The number of aromatic hydroxyl groups is 1. The van der Waals surface area contributed by atoms with E-state index in [1.165, 1.54) is 0 Å². The zero-order chi connectivity index (χ0) is 9.42. The normalized spacial score (nSPS) is 15.6. The lowest BCUT2D eigenvalue weighted by molar-refractivity contribution is 0.0970. The Hall–Kier alpha value is -0.580. The summed E-state index contributed by atoms with van der Waals surface area (Å²) in [4.78, 5) is 11.5. The molecule has 0 saturated heterocycles. The van der Waals surface area contributed by atoms with Gasteiger partial charge in [0.25, 0.3) is 0 Å². The highest BCUT2D eigenvalue weighted by atomic mass is 127. The monoisotopic (exact) mass is 288 g/mol. The van der Waals surface area contributed by atoms with Gasteiger partial charge in [-0.15, -0.1) is 0 Å². The number of phenols is 1. The van der Waals surface area contributed by atoms with Gasteiger partial charge < -0.3 is 5.11 Å². The van der Waals surface area contributed by atoms with Gasteiger partial charge in [0, 0.05) is 21.1 Å². The van der Waals surface area contributed by atoms with E-state index in [0.717, 1.165) is 27.5 Å². The van der Waals surface area contributed by atoms with Gasteiger partial charge in [-0.05, 0) is 47.6 Å². The third kappa shape index (κ3) is 1.45. The zero-order valence-corrected chi connectivity index (χ0v) is 9.17. The van der Waals surface area contributed by atoms with Crippen molar-refractivity contribution in [2.75, 3.05) is 0 Å². The maximum atomic E-state index is 11.5. The molecule has 1 aliphatic carbocycles. The first kappa shape index (κ1) is 8.99. The molecule has 1 aliphatic rings. The number of hydrogen-bond acceptors (Lipinski definition) is 2. The largest absolute Gasteiger partial charge is 0.508 e. The summed E-state index contributed by atoms with van der Waals surface area (Å²) in [5.74, 6) is 0.435. The standard InChI is InChI=1S/C10H9IO2/c11-7-4-5-8(12)6-2-1-3-9(13)10(6)7/h4-5,12H,1-3H2. The molecular weight excluding hydrogens is 279 g/mol. The molecule has 0 saturated carbocycles. The highest BCUT2D eigenvalue weighted by Crippen LogP contribution is 2.31. The Morgan fingerprint density at radius 3 is 2.77 bits per heavy atom. The molecule has 0 fully saturated rings. The van der Waals surface area contributed by atoms with Gasteiger partial charge in [-0.3, -0.25) is 4.79 Å². The Morgan fingerprint density at radius 1 is 1.31 bits per heavy atom. The van der Waals surface area contributed by atoms with Gasteiger partial charge in [-0.1, -0.05) is 0 Å². The number of phenolic OH excluding ortho intramolecular Hbond substituents is 1. The number of carbonyl (C=O) groups is 1. The van der Waals surface area contributed by atoms with Crippen molar-refractivity contribution in [2.45, 2.75) is 19.3 Å². The molecule has 0 unspecified atom stereocenters. The van der Waals surface area contributed by atoms with Crippen LogP contribution in [0.15, 0.2) is 12.1 Å². The highest BCUT2D eigenvalue weighted by molar-refractivity contribution is 14.1. The third-order valence-corrected chi connectivity index (χ3v) is 3.25. The average molecular weight is 288 g/mol. The summed E-state index contributed by atoms with van der Waals surface area (Å²) in [5, 5.41) is 9.54. The molecule has 68 valence electrons. The van der Waals surface area contributed by atoms with Crippen LogP contribution in [0, 0.1) is 3.57 Å². The topological polar surface area (TPSA) is 37.3 Å². The van der Waals surface area contributed by atoms with E-state index in [1.54, 1.807) is 12.1 Å². The Kier molecular flexibility index (Phi) is 2.27. The fraction of sp³-hybridized carbons (Fsp3) is 0.300. The Balaban J connectivity index is 2.67. The minimum Gasteiger partial charge on any atom is -0.508 e. The summed E-state index contributed by atoms with van der Waals surface area (Å²) in [5.41, 5.74) is 1.58. The van der Waals surface area contributed by atoms with Crippen molar-refractivity contribution in [1.29, 1.82) is 0 Å². The van der Waals surface area contributed by atoms with Gasteiger partial charge >= 0.3 is 0 Å². The number of hydrogen-bond donors (Lipinski definition) is 1. The van der Waals surface area contributed by atoms with E-state index in [0.29, 0.717) is 6.42 Å². The molecule has 0 radical (unpaired) electrons. The van der Waals surface area contributed by atoms with Gasteiger partial charge in [0.05, 0.1) is 0 Å². The Morgan fingerprint density at radius 2 is 2.08 bits per heavy atom. The predicted molar refractivity (Wildman–Crippen MR) is 58.1 cm³/mol. The average Bonchev–Trinajstić information content (AvgIpc) is 2.12. The molecule has 1 N–H and O–H groups in total. The van der Waals surface area contributed by atoms with Crippen LogP contribution >= 0.6 is 22.6 Å². The third-order valence-electron chi connectivity index (χ3n) is 2.35. The number of rotatable bonds is 0. The number of ketones is 1. The summed E-state index contributed by atoms with van der Waals surface area (Å²) in [6.07, 6.45) is 2.30. The van der Waals surface area contributed by atoms with E-state index >= 15 is 0 Å². The SMILES string of the molecule is O=C1CCCc2c(O)ccc(I)c21. The van der Waals surface area contributed by atoms with Crippen molar-refractivity contribution in [3.63, 3.8) is 0 Å². The van der Waals surface area contributed by atoms with E-state index in [4.69, 9.17) is 0 Å². The van der Waals surface area contributed by atoms with Crippen LogP contribution in [0.4, 0.5) is 0 Å². The number of benzene rings is 1. The number of fused-ring (bicyclic) bond motifs is 1. The molecule has 0 aromatic heterocycles. The first-order valence-corrected chi connectivity index (χ1v) is 5.31. The van der Waals surface area contributed by atoms with E-state index in [1.807, 2.05) is 0 Å². The molecule has 13 heavy (non-hydrogen) atoms. The molecular formula is C10H9IO2. The smallest absolute Gasteiger partial charge is 0.164 e. The number of carbonyl (C=O) groups excluding carboxylic acids is 1. The maximum Gasteiger partial charge on any atom is 0.164 e. The fourth-order valence-corrected chi connectivity index (χ4v) is 2.52. The second kappa shape index (κ2) is 3.29. The minimum absolute atomic E-state index is 0.168. The van der Waals surface area contributed by atoms with E-state index in [2.05, 4.69) is 22.6 Å². The van der Waals surface area contributed by atoms with Crippen LogP contribution in [-0.2, 0) is 6.42 Å². The van der Waals surface area contributed by atoms with Crippen molar-refractivity contribution in [3.05, 3.63) is 26.8 Å². The lowest BCUT2D eigenvalue weighted by atomic mass is 9.90. The van der Waals surface area contributed by atoms with Crippen LogP contribution < -0.4 is 0 Å². The van der Waals surface area contributed by atoms with Crippen LogP contribution in [0.1, 0.15) is 28.8 Å². The molecule has 0 amide bonds. The van der Waals surface area contributed by atoms with Crippen molar-refractivity contribution < 1.29 is 9.90 Å². The van der Waals surface area contributed by atoms with Crippen LogP contribution in [0.5, 0.6) is 5.75 Å². The van der Waals surface area contributed by atoms with Crippen LogP contribution in [0.2, 0.25) is 0 Å². The molecule has 3 heteroatoms. The van der Waals surface area contributed by atoms with Crippen LogP contribution in [-0.4, -0.2) is 10.9 Å². The van der Waals surface area contributed by atoms with Crippen molar-refractivity contribution >= 4 is 28.4 Å². The summed E-state index contributed by atoms with van der Waals surface area (Å²) in [6.45, 7) is 0. The van der Waals surface area contributed by atoms with E-state index < -0.39 is 0 Å². The molecule has 1 aromatic carbocycles. The summed E-state index contributed by atoms with van der Waals surface area (Å²) < 4.78 is 0.954. The van der Waals surface area contributed by atoms with Crippen LogP contribution in [0.25, 0.3) is 0 Å².